The molecule has 0 saturated heterocycles. The third-order valence-electron chi connectivity index (χ3n) is 3.52. The van der Waals surface area contributed by atoms with Crippen molar-refractivity contribution in [2.75, 3.05) is 11.9 Å². The smallest absolute Gasteiger partial charge is 0.288 e. The number of nitro groups is 1. The van der Waals surface area contributed by atoms with Crippen LogP contribution in [0.15, 0.2) is 12.1 Å². The summed E-state index contributed by atoms with van der Waals surface area (Å²) in [5.74, 6) is -0.226. The highest BCUT2D eigenvalue weighted by molar-refractivity contribution is 6.33. The van der Waals surface area contributed by atoms with Crippen LogP contribution in [0.1, 0.15) is 25.8 Å². The van der Waals surface area contributed by atoms with E-state index < -0.39 is 10.3 Å². The maximum absolute atomic E-state index is 12.2. The van der Waals surface area contributed by atoms with Crippen molar-refractivity contribution in [2.45, 2.75) is 27.2 Å². The maximum atomic E-state index is 12.2. The van der Waals surface area contributed by atoms with Crippen LogP contribution < -0.4 is 11.1 Å². The van der Waals surface area contributed by atoms with Gasteiger partial charge in [0.15, 0.2) is 0 Å². The van der Waals surface area contributed by atoms with Gasteiger partial charge in [-0.15, -0.1) is 0 Å². The van der Waals surface area contributed by atoms with E-state index in [2.05, 4.69) is 5.32 Å². The van der Waals surface area contributed by atoms with E-state index in [0.717, 1.165) is 0 Å². The quantitative estimate of drug-likeness (QED) is 0.645. The number of aryl methyl sites for hydroxylation is 1. The molecule has 6 nitrogen and oxygen atoms in total. The molecule has 1 rings (SSSR count). The van der Waals surface area contributed by atoms with Gasteiger partial charge in [0.1, 0.15) is 5.02 Å². The van der Waals surface area contributed by atoms with Crippen LogP contribution in [0.25, 0.3) is 0 Å². The number of carbonyl (C=O) groups is 1. The van der Waals surface area contributed by atoms with Gasteiger partial charge in [-0.3, -0.25) is 14.9 Å². The van der Waals surface area contributed by atoms with Crippen molar-refractivity contribution in [3.8, 4) is 0 Å². The molecule has 0 saturated carbocycles. The molecule has 0 radical (unpaired) electrons. The Morgan fingerprint density at radius 1 is 1.55 bits per heavy atom. The Morgan fingerprint density at radius 2 is 2.15 bits per heavy atom. The van der Waals surface area contributed by atoms with Gasteiger partial charge < -0.3 is 11.1 Å². The minimum Gasteiger partial charge on any atom is -0.329 e. The van der Waals surface area contributed by atoms with Crippen LogP contribution in [0, 0.1) is 22.5 Å². The summed E-state index contributed by atoms with van der Waals surface area (Å²) in [6.45, 7) is 5.53. The number of amides is 1. The molecule has 1 unspecified atom stereocenters. The number of carbonyl (C=O) groups excluding carboxylic acids is 1. The first-order valence-corrected chi connectivity index (χ1v) is 6.59. The van der Waals surface area contributed by atoms with Gasteiger partial charge in [0.05, 0.1) is 10.3 Å². The number of nitrogens with two attached hydrogens (primary N) is 1. The Labute approximate surface area is 122 Å². The molecule has 1 aromatic rings. The minimum atomic E-state index is -0.680. The molecule has 1 amide bonds. The Hall–Kier alpha value is -1.66. The second kappa shape index (κ2) is 6.19. The van der Waals surface area contributed by atoms with Gasteiger partial charge in [-0.25, -0.2) is 0 Å². The van der Waals surface area contributed by atoms with Crippen molar-refractivity contribution >= 4 is 28.9 Å². The number of rotatable bonds is 5. The lowest BCUT2D eigenvalue weighted by Gasteiger charge is -2.25. The molecule has 0 aliphatic carbocycles. The maximum Gasteiger partial charge on any atom is 0.288 e. The van der Waals surface area contributed by atoms with Crippen molar-refractivity contribution in [1.82, 2.24) is 0 Å². The molecule has 0 aliphatic heterocycles. The Kier molecular flexibility index (Phi) is 5.08. The lowest BCUT2D eigenvalue weighted by Crippen LogP contribution is -2.39. The molecule has 0 spiro atoms. The van der Waals surface area contributed by atoms with Gasteiger partial charge in [-0.2, -0.15) is 0 Å². The zero-order valence-electron chi connectivity index (χ0n) is 11.7. The molecule has 3 N–H and O–H groups in total. The lowest BCUT2D eigenvalue weighted by molar-refractivity contribution is -0.384. The van der Waals surface area contributed by atoms with E-state index in [1.165, 1.54) is 12.1 Å². The van der Waals surface area contributed by atoms with E-state index >= 15 is 0 Å². The minimum absolute atomic E-state index is 0.0122. The summed E-state index contributed by atoms with van der Waals surface area (Å²) >= 11 is 5.84. The first-order valence-electron chi connectivity index (χ1n) is 6.21. The van der Waals surface area contributed by atoms with E-state index in [1.807, 2.05) is 6.92 Å². The van der Waals surface area contributed by atoms with Crippen LogP contribution in [0.5, 0.6) is 0 Å². The van der Waals surface area contributed by atoms with Crippen molar-refractivity contribution in [3.63, 3.8) is 0 Å². The first-order chi connectivity index (χ1) is 9.25. The number of nitrogens with one attached hydrogen (secondary N) is 1. The number of hydrogen-bond acceptors (Lipinski definition) is 4. The molecule has 7 heteroatoms. The summed E-state index contributed by atoms with van der Waals surface area (Å²) in [5.41, 5.74) is 5.80. The molecule has 20 heavy (non-hydrogen) atoms. The molecular formula is C13H18ClN3O3. The largest absolute Gasteiger partial charge is 0.329 e. The highest BCUT2D eigenvalue weighted by Gasteiger charge is 2.30. The summed E-state index contributed by atoms with van der Waals surface area (Å²) in [6, 6.07) is 2.73. The number of hydrogen-bond donors (Lipinski definition) is 2. The van der Waals surface area contributed by atoms with Crippen LogP contribution in [-0.4, -0.2) is 17.4 Å². The van der Waals surface area contributed by atoms with Gasteiger partial charge >= 0.3 is 0 Å². The molecule has 0 fully saturated rings. The Bertz CT molecular complexity index is 542. The van der Waals surface area contributed by atoms with E-state index in [-0.39, 0.29) is 23.2 Å². The SMILES string of the molecule is CCC(C)(CN)C(=O)Nc1cc(Cl)c([N+](=O)[O-])cc1C. The number of anilines is 1. The van der Waals surface area contributed by atoms with Crippen LogP contribution in [0.4, 0.5) is 11.4 Å². The average Bonchev–Trinajstić information content (AvgIpc) is 2.41. The highest BCUT2D eigenvalue weighted by Crippen LogP contribution is 2.31. The third-order valence-corrected chi connectivity index (χ3v) is 3.82. The Balaban J connectivity index is 3.08. The fraction of sp³-hybridized carbons (Fsp3) is 0.462. The van der Waals surface area contributed by atoms with Crippen molar-refractivity contribution < 1.29 is 9.72 Å². The molecular weight excluding hydrogens is 282 g/mol. The molecule has 1 atom stereocenters. The highest BCUT2D eigenvalue weighted by atomic mass is 35.5. The summed E-state index contributed by atoms with van der Waals surface area (Å²) in [6.07, 6.45) is 0.592. The third kappa shape index (κ3) is 3.26. The molecule has 0 aromatic heterocycles. The standard InChI is InChI=1S/C13H18ClN3O3/c1-4-13(3,7-15)12(18)16-10-6-9(14)11(17(19)20)5-8(10)2/h5-6H,4,7,15H2,1-3H3,(H,16,18). The number of halogens is 1. The predicted molar refractivity (Wildman–Crippen MR) is 78.9 cm³/mol. The average molecular weight is 300 g/mol. The fourth-order valence-electron chi connectivity index (χ4n) is 1.61. The van der Waals surface area contributed by atoms with Gasteiger partial charge in [0.25, 0.3) is 5.69 Å². The first kappa shape index (κ1) is 16.4. The van der Waals surface area contributed by atoms with Crippen molar-refractivity contribution in [1.29, 1.82) is 0 Å². The zero-order chi connectivity index (χ0) is 15.5. The second-order valence-electron chi connectivity index (χ2n) is 4.95. The van der Waals surface area contributed by atoms with Crippen LogP contribution in [0.2, 0.25) is 5.02 Å². The zero-order valence-corrected chi connectivity index (χ0v) is 12.5. The van der Waals surface area contributed by atoms with Gasteiger partial charge in [-0.1, -0.05) is 18.5 Å². The molecule has 1 aromatic carbocycles. The van der Waals surface area contributed by atoms with E-state index in [0.29, 0.717) is 17.7 Å². The lowest BCUT2D eigenvalue weighted by atomic mass is 9.86. The molecule has 110 valence electrons. The van der Waals surface area contributed by atoms with Crippen LogP contribution in [-0.2, 0) is 4.79 Å². The van der Waals surface area contributed by atoms with Gasteiger partial charge in [-0.05, 0) is 31.9 Å². The summed E-state index contributed by atoms with van der Waals surface area (Å²) in [4.78, 5) is 22.4. The number of nitrogens with zero attached hydrogens (tertiary/aromatic N) is 1. The summed E-state index contributed by atoms with van der Waals surface area (Å²) in [7, 11) is 0. The van der Waals surface area contributed by atoms with Gasteiger partial charge in [0.2, 0.25) is 5.91 Å². The van der Waals surface area contributed by atoms with Crippen LogP contribution >= 0.6 is 11.6 Å². The van der Waals surface area contributed by atoms with Crippen molar-refractivity contribution in [2.24, 2.45) is 11.1 Å². The normalized spacial score (nSPS) is 13.7. The fourth-order valence-corrected chi connectivity index (χ4v) is 1.84. The molecule has 0 aliphatic rings. The van der Waals surface area contributed by atoms with Gasteiger partial charge in [0, 0.05) is 18.3 Å². The van der Waals surface area contributed by atoms with E-state index in [9.17, 15) is 14.9 Å². The van der Waals surface area contributed by atoms with E-state index in [4.69, 9.17) is 17.3 Å². The monoisotopic (exact) mass is 299 g/mol. The molecule has 0 heterocycles. The second-order valence-corrected chi connectivity index (χ2v) is 5.36. The van der Waals surface area contributed by atoms with Crippen molar-refractivity contribution in [3.05, 3.63) is 32.8 Å². The molecule has 0 bridgehead atoms. The summed E-state index contributed by atoms with van der Waals surface area (Å²) < 4.78 is 0. The number of nitro benzene ring substituents is 1. The summed E-state index contributed by atoms with van der Waals surface area (Å²) in [5, 5.41) is 13.5. The predicted octanol–water partition coefficient (Wildman–Crippen LogP) is 2.87. The van der Waals surface area contributed by atoms with E-state index in [1.54, 1.807) is 13.8 Å². The van der Waals surface area contributed by atoms with Crippen LogP contribution in [0.3, 0.4) is 0 Å². The topological polar surface area (TPSA) is 98.3 Å². The Morgan fingerprint density at radius 3 is 2.60 bits per heavy atom. The number of benzene rings is 1.